The van der Waals surface area contributed by atoms with E-state index in [0.717, 1.165) is 21.7 Å². The molecule has 8 heteroatoms. The third-order valence-corrected chi connectivity index (χ3v) is 5.01. The summed E-state index contributed by atoms with van der Waals surface area (Å²) in [6.45, 7) is 4.33. The van der Waals surface area contributed by atoms with Crippen LogP contribution < -0.4 is 4.74 Å². The van der Waals surface area contributed by atoms with Crippen molar-refractivity contribution in [3.8, 4) is 17.1 Å². The molecule has 4 aromatic rings. The van der Waals surface area contributed by atoms with Crippen molar-refractivity contribution in [1.82, 2.24) is 24.4 Å². The second-order valence-corrected chi connectivity index (χ2v) is 7.16. The second-order valence-electron chi connectivity index (χ2n) is 6.37. The predicted molar refractivity (Wildman–Crippen MR) is 104 cm³/mol. The molecule has 0 aliphatic heterocycles. The lowest BCUT2D eigenvalue weighted by Gasteiger charge is -2.15. The molecule has 3 heterocycles. The zero-order valence-corrected chi connectivity index (χ0v) is 15.8. The number of nitrogens with zero attached hydrogens (tertiary/aromatic N) is 5. The highest BCUT2D eigenvalue weighted by molar-refractivity contribution is 7.12. The largest absolute Gasteiger partial charge is 0.488 e. The number of fused-ring (bicyclic) bond motifs is 1. The van der Waals surface area contributed by atoms with Gasteiger partial charge in [0.15, 0.2) is 0 Å². The molecule has 0 atom stereocenters. The SMILES string of the molecule is CC(C)n1nccc1-c1ncccc1COc1ccc2snnc2c1CO. The van der Waals surface area contributed by atoms with E-state index in [1.54, 1.807) is 12.4 Å². The van der Waals surface area contributed by atoms with E-state index < -0.39 is 0 Å². The van der Waals surface area contributed by atoms with Gasteiger partial charge < -0.3 is 9.84 Å². The zero-order chi connectivity index (χ0) is 18.8. The Balaban J connectivity index is 1.66. The number of hydrogen-bond donors (Lipinski definition) is 1. The number of pyridine rings is 1. The van der Waals surface area contributed by atoms with Gasteiger partial charge >= 0.3 is 0 Å². The van der Waals surface area contributed by atoms with Crippen LogP contribution in [0.25, 0.3) is 21.6 Å². The van der Waals surface area contributed by atoms with Gasteiger partial charge in [-0.15, -0.1) is 5.10 Å². The molecule has 0 saturated heterocycles. The molecule has 0 bridgehead atoms. The maximum absolute atomic E-state index is 9.77. The highest BCUT2D eigenvalue weighted by Crippen LogP contribution is 2.30. The van der Waals surface area contributed by atoms with Crippen molar-refractivity contribution in [2.45, 2.75) is 33.1 Å². The van der Waals surface area contributed by atoms with Crippen LogP contribution in [-0.2, 0) is 13.2 Å². The average Bonchev–Trinajstić information content (AvgIpc) is 3.35. The van der Waals surface area contributed by atoms with Crippen LogP contribution in [0.5, 0.6) is 5.75 Å². The molecule has 0 saturated carbocycles. The van der Waals surface area contributed by atoms with Gasteiger partial charge in [0.1, 0.15) is 17.9 Å². The number of hydrogen-bond acceptors (Lipinski definition) is 7. The van der Waals surface area contributed by atoms with Gasteiger partial charge in [-0.3, -0.25) is 9.67 Å². The average molecular weight is 381 g/mol. The molecule has 0 amide bonds. The van der Waals surface area contributed by atoms with Crippen molar-refractivity contribution >= 4 is 21.7 Å². The van der Waals surface area contributed by atoms with Gasteiger partial charge in [-0.05, 0) is 49.6 Å². The summed E-state index contributed by atoms with van der Waals surface area (Å²) in [4.78, 5) is 4.55. The highest BCUT2D eigenvalue weighted by Gasteiger charge is 2.16. The Morgan fingerprint density at radius 2 is 2.07 bits per heavy atom. The number of aliphatic hydroxyl groups excluding tert-OH is 1. The van der Waals surface area contributed by atoms with E-state index in [2.05, 4.69) is 33.5 Å². The maximum atomic E-state index is 9.77. The molecule has 4 rings (SSSR count). The minimum absolute atomic E-state index is 0.155. The minimum atomic E-state index is -0.155. The fourth-order valence-corrected chi connectivity index (χ4v) is 3.62. The first-order valence-electron chi connectivity index (χ1n) is 8.64. The fourth-order valence-electron chi connectivity index (χ4n) is 3.03. The Hall–Kier alpha value is -2.84. The maximum Gasteiger partial charge on any atom is 0.127 e. The lowest BCUT2D eigenvalue weighted by Crippen LogP contribution is -2.08. The molecule has 3 aromatic heterocycles. The van der Waals surface area contributed by atoms with Crippen LogP contribution >= 0.6 is 11.5 Å². The standard InChI is InChI=1S/C19H19N5O2S/c1-12(2)24-15(7-9-21-24)18-13(4-3-8-20-18)11-26-16-5-6-17-19(14(16)10-25)22-23-27-17/h3-9,12,25H,10-11H2,1-2H3. The second kappa shape index (κ2) is 7.42. The van der Waals surface area contributed by atoms with Gasteiger partial charge in [0.05, 0.1) is 22.7 Å². The third kappa shape index (κ3) is 3.29. The summed E-state index contributed by atoms with van der Waals surface area (Å²) in [5, 5.41) is 18.3. The van der Waals surface area contributed by atoms with Gasteiger partial charge in [-0.1, -0.05) is 10.6 Å². The number of aliphatic hydroxyl groups is 1. The first-order chi connectivity index (χ1) is 13.2. The molecule has 0 radical (unpaired) electrons. The summed E-state index contributed by atoms with van der Waals surface area (Å²) in [5.41, 5.74) is 4.07. The molecular formula is C19H19N5O2S. The van der Waals surface area contributed by atoms with Crippen molar-refractivity contribution in [3.63, 3.8) is 0 Å². The number of ether oxygens (including phenoxy) is 1. The van der Waals surface area contributed by atoms with Crippen LogP contribution in [0.4, 0.5) is 0 Å². The van der Waals surface area contributed by atoms with Crippen molar-refractivity contribution in [2.75, 3.05) is 0 Å². The molecule has 0 aliphatic rings. The molecule has 138 valence electrons. The van der Waals surface area contributed by atoms with E-state index in [1.807, 2.05) is 35.0 Å². The van der Waals surface area contributed by atoms with E-state index in [-0.39, 0.29) is 12.6 Å². The Bertz CT molecular complexity index is 1070. The van der Waals surface area contributed by atoms with Gasteiger partial charge in [0.25, 0.3) is 0 Å². The first-order valence-corrected chi connectivity index (χ1v) is 9.41. The molecule has 0 unspecified atom stereocenters. The lowest BCUT2D eigenvalue weighted by atomic mass is 10.1. The first kappa shape index (κ1) is 17.6. The van der Waals surface area contributed by atoms with Crippen LogP contribution in [-0.4, -0.2) is 29.5 Å². The summed E-state index contributed by atoms with van der Waals surface area (Å²) in [6.07, 6.45) is 3.55. The summed E-state index contributed by atoms with van der Waals surface area (Å²) in [5.74, 6) is 0.602. The smallest absolute Gasteiger partial charge is 0.127 e. The van der Waals surface area contributed by atoms with Crippen LogP contribution in [0.2, 0.25) is 0 Å². The monoisotopic (exact) mass is 381 g/mol. The Morgan fingerprint density at radius 3 is 2.89 bits per heavy atom. The van der Waals surface area contributed by atoms with Crippen LogP contribution in [0, 0.1) is 0 Å². The number of benzene rings is 1. The van der Waals surface area contributed by atoms with Crippen LogP contribution in [0.15, 0.2) is 42.7 Å². The van der Waals surface area contributed by atoms with E-state index in [0.29, 0.717) is 23.4 Å². The van der Waals surface area contributed by atoms with E-state index in [1.165, 1.54) is 11.5 Å². The van der Waals surface area contributed by atoms with E-state index in [4.69, 9.17) is 4.74 Å². The topological polar surface area (TPSA) is 86.0 Å². The molecule has 7 nitrogen and oxygen atoms in total. The Morgan fingerprint density at radius 1 is 1.19 bits per heavy atom. The molecule has 0 aliphatic carbocycles. The van der Waals surface area contributed by atoms with Gasteiger partial charge in [0, 0.05) is 29.6 Å². The molecule has 1 aromatic carbocycles. The van der Waals surface area contributed by atoms with E-state index >= 15 is 0 Å². The number of aromatic nitrogens is 5. The lowest BCUT2D eigenvalue weighted by molar-refractivity contribution is 0.260. The van der Waals surface area contributed by atoms with Gasteiger partial charge in [-0.25, -0.2) is 0 Å². The Labute approximate surface area is 160 Å². The van der Waals surface area contributed by atoms with Gasteiger partial charge in [0.2, 0.25) is 0 Å². The Kier molecular flexibility index (Phi) is 4.83. The zero-order valence-electron chi connectivity index (χ0n) is 15.0. The van der Waals surface area contributed by atoms with Crippen molar-refractivity contribution in [3.05, 3.63) is 53.9 Å². The summed E-state index contributed by atoms with van der Waals surface area (Å²) >= 11 is 1.30. The van der Waals surface area contributed by atoms with Crippen molar-refractivity contribution < 1.29 is 9.84 Å². The summed E-state index contributed by atoms with van der Waals surface area (Å²) < 4.78 is 12.9. The van der Waals surface area contributed by atoms with Gasteiger partial charge in [-0.2, -0.15) is 5.10 Å². The van der Waals surface area contributed by atoms with Crippen LogP contribution in [0.1, 0.15) is 31.0 Å². The summed E-state index contributed by atoms with van der Waals surface area (Å²) in [6, 6.07) is 9.82. The molecule has 0 spiro atoms. The predicted octanol–water partition coefficient (Wildman–Crippen LogP) is 3.60. The fraction of sp³-hybridized carbons (Fsp3) is 0.263. The van der Waals surface area contributed by atoms with E-state index in [9.17, 15) is 5.11 Å². The normalized spacial score (nSPS) is 11.4. The minimum Gasteiger partial charge on any atom is -0.488 e. The van der Waals surface area contributed by atoms with Crippen LogP contribution in [0.3, 0.4) is 0 Å². The highest BCUT2D eigenvalue weighted by atomic mass is 32.1. The van der Waals surface area contributed by atoms with Crippen molar-refractivity contribution in [2.24, 2.45) is 0 Å². The molecule has 0 fully saturated rings. The molecule has 27 heavy (non-hydrogen) atoms. The third-order valence-electron chi connectivity index (χ3n) is 4.32. The molecule has 1 N–H and O–H groups in total. The quantitative estimate of drug-likeness (QED) is 0.549. The summed E-state index contributed by atoms with van der Waals surface area (Å²) in [7, 11) is 0. The van der Waals surface area contributed by atoms with Crippen molar-refractivity contribution in [1.29, 1.82) is 0 Å². The number of rotatable bonds is 6. The molecular weight excluding hydrogens is 362 g/mol.